The molecule has 4 aromatic rings. The monoisotopic (exact) mass is 747 g/mol. The van der Waals surface area contributed by atoms with Crippen LogP contribution in [0.15, 0.2) is 29.7 Å². The molecule has 3 aliphatic heterocycles. The Morgan fingerprint density at radius 3 is 2.62 bits per heavy atom. The fourth-order valence-electron chi connectivity index (χ4n) is 5.56. The molecule has 7 heterocycles. The average Bonchev–Trinajstić information content (AvgIpc) is 3.76. The number of aliphatic hydroxyl groups is 1. The van der Waals surface area contributed by atoms with Crippen molar-refractivity contribution in [2.24, 2.45) is 0 Å². The molecular formula is C23H24FN9O9P2S3. The lowest BCUT2D eigenvalue weighted by atomic mass is 9.97. The third kappa shape index (κ3) is 5.68. The Morgan fingerprint density at radius 1 is 1.15 bits per heavy atom. The fraction of sp³-hybridized carbons (Fsp3) is 0.435. The quantitative estimate of drug-likeness (QED) is 0.0925. The smallest absolute Gasteiger partial charge is 0.325 e. The number of anilines is 2. The van der Waals surface area contributed by atoms with Crippen molar-refractivity contribution in [3.63, 3.8) is 0 Å². The average molecular weight is 748 g/mol. The summed E-state index contributed by atoms with van der Waals surface area (Å²) in [6.45, 7) is -5.68. The third-order valence-corrected chi connectivity index (χ3v) is 11.5. The molecule has 0 amide bonds. The van der Waals surface area contributed by atoms with E-state index in [1.54, 1.807) is 6.07 Å². The van der Waals surface area contributed by atoms with E-state index < -0.39 is 79.8 Å². The maximum Gasteiger partial charge on any atom is 0.325 e. The summed E-state index contributed by atoms with van der Waals surface area (Å²) in [7, 11) is 0. The van der Waals surface area contributed by atoms with E-state index in [1.807, 2.05) is 0 Å². The molecule has 4 aromatic heterocycles. The maximum absolute atomic E-state index is 16.0. The molecule has 3 saturated heterocycles. The minimum Gasteiger partial charge on any atom is -0.397 e. The summed E-state index contributed by atoms with van der Waals surface area (Å²) >= 11 is 15.2. The molecule has 47 heavy (non-hydrogen) atoms. The predicted octanol–water partition coefficient (Wildman–Crippen LogP) is 0.414. The summed E-state index contributed by atoms with van der Waals surface area (Å²) in [5, 5.41) is 11.5. The number of rotatable bonds is 2. The number of fused-ring (bicyclic) bond motifs is 5. The second-order valence-electron chi connectivity index (χ2n) is 10.6. The van der Waals surface area contributed by atoms with E-state index in [0.29, 0.717) is 11.2 Å². The molecule has 0 spiro atoms. The zero-order valence-electron chi connectivity index (χ0n) is 23.5. The number of aromatic nitrogens is 7. The number of aromatic amines is 1. The van der Waals surface area contributed by atoms with E-state index in [1.165, 1.54) is 21.7 Å². The Morgan fingerprint density at radius 2 is 1.87 bits per heavy atom. The lowest BCUT2D eigenvalue weighted by molar-refractivity contribution is -0.0894. The summed E-state index contributed by atoms with van der Waals surface area (Å²) in [6.07, 6.45) is -0.936. The van der Waals surface area contributed by atoms with Crippen LogP contribution < -0.4 is 17.0 Å². The zero-order chi connectivity index (χ0) is 33.5. The number of pyridine rings is 1. The zero-order valence-corrected chi connectivity index (χ0v) is 27.8. The molecule has 0 saturated carbocycles. The van der Waals surface area contributed by atoms with Crippen molar-refractivity contribution in [2.75, 3.05) is 24.7 Å². The third-order valence-electron chi connectivity index (χ3n) is 7.74. The molecule has 10 atom stereocenters. The van der Waals surface area contributed by atoms with Crippen molar-refractivity contribution < 1.29 is 42.0 Å². The van der Waals surface area contributed by atoms with Gasteiger partial charge in [-0.2, -0.15) is 4.98 Å². The number of nitrogen functional groups attached to an aromatic ring is 2. The molecule has 3 aliphatic rings. The van der Waals surface area contributed by atoms with Crippen LogP contribution in [0.4, 0.5) is 16.0 Å². The van der Waals surface area contributed by atoms with E-state index in [-0.39, 0.29) is 22.8 Å². The van der Waals surface area contributed by atoms with Crippen molar-refractivity contribution in [2.45, 2.75) is 48.6 Å². The first-order valence-corrected chi connectivity index (χ1v) is 19.8. The predicted molar refractivity (Wildman–Crippen MR) is 172 cm³/mol. The Balaban J connectivity index is 1.25. The van der Waals surface area contributed by atoms with Crippen LogP contribution in [0.3, 0.4) is 0 Å². The summed E-state index contributed by atoms with van der Waals surface area (Å²) in [4.78, 5) is 42.5. The molecule has 3 fully saturated rings. The van der Waals surface area contributed by atoms with Gasteiger partial charge in [-0.05, 0) is 29.7 Å². The second kappa shape index (κ2) is 11.8. The van der Waals surface area contributed by atoms with Gasteiger partial charge in [0.1, 0.15) is 29.9 Å². The van der Waals surface area contributed by atoms with Gasteiger partial charge in [-0.3, -0.25) is 23.4 Å². The number of hydrogen-bond acceptors (Lipinski definition) is 16. The number of terminal acetylenes is 1. The number of imidazole rings is 2. The highest BCUT2D eigenvalue weighted by atomic mass is 32.9. The molecule has 2 unspecified atom stereocenters. The van der Waals surface area contributed by atoms with Crippen LogP contribution in [-0.4, -0.2) is 93.5 Å². The Labute approximate surface area is 278 Å². The first-order chi connectivity index (χ1) is 22.2. The topological polar surface area (TPSA) is 242 Å². The van der Waals surface area contributed by atoms with Crippen LogP contribution in [-0.2, 0) is 51.2 Å². The first kappa shape index (κ1) is 32.9. The van der Waals surface area contributed by atoms with Gasteiger partial charge in [-0.15, -0.1) is 6.42 Å². The highest BCUT2D eigenvalue weighted by Crippen LogP contribution is 2.60. The van der Waals surface area contributed by atoms with Crippen LogP contribution in [0.5, 0.6) is 0 Å². The molecule has 2 bridgehead atoms. The van der Waals surface area contributed by atoms with E-state index >= 15 is 4.39 Å². The lowest BCUT2D eigenvalue weighted by Crippen LogP contribution is -2.47. The number of halogens is 1. The normalized spacial score (nSPS) is 38.0. The first-order valence-electron chi connectivity index (χ1n) is 13.5. The Hall–Kier alpha value is -2.61. The number of nitrogens with one attached hydrogen (secondary N) is 1. The van der Waals surface area contributed by atoms with E-state index in [9.17, 15) is 14.8 Å². The minimum absolute atomic E-state index is 0.0636. The summed E-state index contributed by atoms with van der Waals surface area (Å²) in [5.74, 6) is 2.18. The van der Waals surface area contributed by atoms with Crippen molar-refractivity contribution >= 4 is 82.2 Å². The largest absolute Gasteiger partial charge is 0.397 e. The molecule has 24 heteroatoms. The van der Waals surface area contributed by atoms with Gasteiger partial charge >= 0.3 is 6.72 Å². The van der Waals surface area contributed by atoms with Crippen molar-refractivity contribution in [1.82, 2.24) is 34.1 Å². The summed E-state index contributed by atoms with van der Waals surface area (Å²) in [5.41, 5.74) is 6.14. The number of thiol groups is 1. The van der Waals surface area contributed by atoms with Crippen molar-refractivity contribution in [1.29, 1.82) is 0 Å². The molecule has 250 valence electrons. The van der Waals surface area contributed by atoms with Gasteiger partial charge in [0.2, 0.25) is 11.6 Å². The van der Waals surface area contributed by atoms with E-state index in [4.69, 9.17) is 69.1 Å². The molecule has 0 radical (unpaired) electrons. The van der Waals surface area contributed by atoms with Crippen LogP contribution in [0.25, 0.3) is 22.3 Å². The standard InChI is InChI=1S/C23H24FN9O9P2S3/c1-2-23-6-38-43(36,45)41-15-11(24)10(39-21(15)33-8-29-13-18(33)30-22(26)31-19(13)35)5-37-44(46,47)42-16(23)14(34)20(40-23)32-7-28-12-9(25)3-4-27-17(12)32/h1,3-4,7-8,10-11,14-16,20-21,34H,5-6H2,(H2,25,27)(H,36,45)(H,46,47)(H3,26,30,31,35)/t10-,11-,14-,15-,16+,20-,21-,23-,43?/m1/s1. The van der Waals surface area contributed by atoms with Gasteiger partial charge in [-0.1, -0.05) is 18.2 Å². The number of hydrogen-bond donors (Lipinski definition) is 6. The van der Waals surface area contributed by atoms with Crippen molar-refractivity contribution in [3.05, 3.63) is 35.3 Å². The second-order valence-corrected chi connectivity index (χ2v) is 18.7. The van der Waals surface area contributed by atoms with Crippen LogP contribution in [0, 0.1) is 12.3 Å². The molecular weight excluding hydrogens is 723 g/mol. The van der Waals surface area contributed by atoms with Crippen LogP contribution in [0.1, 0.15) is 12.5 Å². The lowest BCUT2D eigenvalue weighted by Gasteiger charge is -2.33. The number of H-pyrrole nitrogens is 1. The van der Waals surface area contributed by atoms with Gasteiger partial charge in [0.25, 0.3) is 5.56 Å². The number of ether oxygens (including phenoxy) is 2. The highest BCUT2D eigenvalue weighted by molar-refractivity contribution is 8.60. The van der Waals surface area contributed by atoms with Gasteiger partial charge in [0.05, 0.1) is 31.6 Å². The van der Waals surface area contributed by atoms with E-state index in [0.717, 1.165) is 6.33 Å². The Bertz CT molecular complexity index is 2100. The molecule has 0 aromatic carbocycles. The Kier molecular flexibility index (Phi) is 8.24. The number of nitrogens with zero attached hydrogens (tertiary/aromatic N) is 6. The molecule has 7 N–H and O–H groups in total. The van der Waals surface area contributed by atoms with Crippen molar-refractivity contribution in [3.8, 4) is 12.3 Å². The number of nitrogens with two attached hydrogens (primary N) is 2. The SMILES string of the molecule is C#C[C@@]12COP(O)(=S)O[C@@H]3[C@H](F)[C@@H](COP(=S)(S)O[C@H]1[C@@H](O)[C@H](n1cnc4c(N)ccnc41)O2)O[C@H]3n1cnc2c(=O)[nH]c(N)nc21. The fourth-order valence-corrected chi connectivity index (χ4v) is 8.90. The number of aliphatic hydroxyl groups excluding tert-OH is 1. The highest BCUT2D eigenvalue weighted by Gasteiger charge is 2.59. The van der Waals surface area contributed by atoms with Crippen LogP contribution >= 0.6 is 24.7 Å². The summed E-state index contributed by atoms with van der Waals surface area (Å²) in [6, 6.07) is 1.55. The number of alkyl halides is 1. The van der Waals surface area contributed by atoms with Gasteiger partial charge in [0.15, 0.2) is 41.0 Å². The molecule has 18 nitrogen and oxygen atoms in total. The minimum atomic E-state index is -4.41. The van der Waals surface area contributed by atoms with Crippen LogP contribution in [0.2, 0.25) is 0 Å². The van der Waals surface area contributed by atoms with Gasteiger partial charge in [0, 0.05) is 6.20 Å². The van der Waals surface area contributed by atoms with Gasteiger partial charge in [-0.25, -0.2) is 19.3 Å². The molecule has 7 rings (SSSR count). The van der Waals surface area contributed by atoms with E-state index in [2.05, 4.69) is 43.1 Å². The van der Waals surface area contributed by atoms with Gasteiger partial charge < -0.3 is 44.5 Å². The summed E-state index contributed by atoms with van der Waals surface area (Å²) < 4.78 is 53.9. The maximum atomic E-state index is 16.0. The molecule has 0 aliphatic carbocycles.